The van der Waals surface area contributed by atoms with Crippen molar-refractivity contribution in [1.29, 1.82) is 0 Å². The second-order valence-corrected chi connectivity index (χ2v) is 2.81. The fourth-order valence-electron chi connectivity index (χ4n) is 1.18. The summed E-state index contributed by atoms with van der Waals surface area (Å²) < 4.78 is 0. The molecule has 0 spiro atoms. The zero-order valence-corrected chi connectivity index (χ0v) is 6.55. The maximum absolute atomic E-state index is 10.3. The second-order valence-electron chi connectivity index (χ2n) is 2.81. The van der Waals surface area contributed by atoms with Crippen molar-refractivity contribution in [3.05, 3.63) is 12.2 Å². The lowest BCUT2D eigenvalue weighted by Crippen LogP contribution is -2.29. The Bertz CT molecular complexity index is 157. The molecular weight excluding hydrogens is 140 g/mol. The van der Waals surface area contributed by atoms with Gasteiger partial charge in [0.25, 0.3) is 0 Å². The Morgan fingerprint density at radius 3 is 2.73 bits per heavy atom. The van der Waals surface area contributed by atoms with Crippen molar-refractivity contribution in [2.45, 2.75) is 25.3 Å². The SMILES string of the molecule is NC(=O)CCNC1CC=CC1. The Morgan fingerprint density at radius 1 is 1.55 bits per heavy atom. The van der Waals surface area contributed by atoms with Crippen molar-refractivity contribution in [2.75, 3.05) is 6.54 Å². The van der Waals surface area contributed by atoms with E-state index in [0.717, 1.165) is 12.8 Å². The molecule has 0 heterocycles. The minimum absolute atomic E-state index is 0.233. The molecule has 3 nitrogen and oxygen atoms in total. The van der Waals surface area contributed by atoms with Crippen LogP contribution in [0.5, 0.6) is 0 Å². The van der Waals surface area contributed by atoms with E-state index in [-0.39, 0.29) is 5.91 Å². The summed E-state index contributed by atoms with van der Waals surface area (Å²) in [7, 11) is 0. The summed E-state index contributed by atoms with van der Waals surface area (Å²) in [5.41, 5.74) is 4.98. The Labute approximate surface area is 66.6 Å². The molecule has 11 heavy (non-hydrogen) atoms. The lowest BCUT2D eigenvalue weighted by molar-refractivity contribution is -0.117. The molecule has 0 aromatic rings. The lowest BCUT2D eigenvalue weighted by atomic mass is 10.2. The highest BCUT2D eigenvalue weighted by Crippen LogP contribution is 2.08. The van der Waals surface area contributed by atoms with Crippen LogP contribution in [0.15, 0.2) is 12.2 Å². The van der Waals surface area contributed by atoms with Crippen LogP contribution in [0.3, 0.4) is 0 Å². The van der Waals surface area contributed by atoms with E-state index >= 15 is 0 Å². The van der Waals surface area contributed by atoms with Gasteiger partial charge in [0.2, 0.25) is 5.91 Å². The van der Waals surface area contributed by atoms with Gasteiger partial charge in [0, 0.05) is 19.0 Å². The van der Waals surface area contributed by atoms with Crippen LogP contribution in [0.2, 0.25) is 0 Å². The van der Waals surface area contributed by atoms with Crippen molar-refractivity contribution in [3.63, 3.8) is 0 Å². The summed E-state index contributed by atoms with van der Waals surface area (Å²) in [5.74, 6) is -0.233. The first-order valence-electron chi connectivity index (χ1n) is 3.95. The summed E-state index contributed by atoms with van der Waals surface area (Å²) in [6.07, 6.45) is 6.91. The maximum Gasteiger partial charge on any atom is 0.218 e. The molecule has 1 aliphatic rings. The summed E-state index contributed by atoms with van der Waals surface area (Å²) in [4.78, 5) is 10.3. The minimum atomic E-state index is -0.233. The molecule has 3 N–H and O–H groups in total. The molecule has 1 rings (SSSR count). The highest BCUT2D eigenvalue weighted by molar-refractivity contribution is 5.73. The minimum Gasteiger partial charge on any atom is -0.370 e. The first-order chi connectivity index (χ1) is 5.29. The van der Waals surface area contributed by atoms with Crippen LogP contribution < -0.4 is 11.1 Å². The number of carbonyl (C=O) groups is 1. The fraction of sp³-hybridized carbons (Fsp3) is 0.625. The van der Waals surface area contributed by atoms with Crippen molar-refractivity contribution in [3.8, 4) is 0 Å². The first kappa shape index (κ1) is 8.27. The van der Waals surface area contributed by atoms with E-state index in [1.165, 1.54) is 0 Å². The van der Waals surface area contributed by atoms with E-state index in [9.17, 15) is 4.79 Å². The van der Waals surface area contributed by atoms with E-state index in [1.54, 1.807) is 0 Å². The molecule has 0 atom stereocenters. The average Bonchev–Trinajstić information content (AvgIpc) is 2.39. The normalized spacial score (nSPS) is 17.5. The molecule has 0 aromatic carbocycles. The zero-order chi connectivity index (χ0) is 8.10. The Hall–Kier alpha value is -0.830. The molecule has 0 aromatic heterocycles. The maximum atomic E-state index is 10.3. The van der Waals surface area contributed by atoms with Gasteiger partial charge in [-0.1, -0.05) is 12.2 Å². The van der Waals surface area contributed by atoms with Crippen LogP contribution in [0.25, 0.3) is 0 Å². The van der Waals surface area contributed by atoms with Crippen molar-refractivity contribution >= 4 is 5.91 Å². The number of primary amides is 1. The predicted octanol–water partition coefficient (Wildman–Crippen LogP) is 0.170. The van der Waals surface area contributed by atoms with Crippen LogP contribution in [0.4, 0.5) is 0 Å². The quantitative estimate of drug-likeness (QED) is 0.567. The predicted molar refractivity (Wildman–Crippen MR) is 44.0 cm³/mol. The summed E-state index contributed by atoms with van der Waals surface area (Å²) >= 11 is 0. The van der Waals surface area contributed by atoms with Crippen LogP contribution in [-0.2, 0) is 4.79 Å². The molecule has 0 saturated heterocycles. The number of rotatable bonds is 4. The van der Waals surface area contributed by atoms with Gasteiger partial charge in [-0.2, -0.15) is 0 Å². The molecule has 62 valence electrons. The smallest absolute Gasteiger partial charge is 0.218 e. The topological polar surface area (TPSA) is 55.1 Å². The highest BCUT2D eigenvalue weighted by Gasteiger charge is 2.08. The number of nitrogens with one attached hydrogen (secondary N) is 1. The Kier molecular flexibility index (Phi) is 3.11. The molecule has 0 aliphatic heterocycles. The third-order valence-corrected chi connectivity index (χ3v) is 1.81. The van der Waals surface area contributed by atoms with Gasteiger partial charge in [-0.15, -0.1) is 0 Å². The number of hydrogen-bond acceptors (Lipinski definition) is 2. The zero-order valence-electron chi connectivity index (χ0n) is 6.55. The third-order valence-electron chi connectivity index (χ3n) is 1.81. The largest absolute Gasteiger partial charge is 0.370 e. The van der Waals surface area contributed by atoms with E-state index in [2.05, 4.69) is 17.5 Å². The van der Waals surface area contributed by atoms with Gasteiger partial charge in [0.05, 0.1) is 0 Å². The van der Waals surface area contributed by atoms with Gasteiger partial charge < -0.3 is 11.1 Å². The summed E-state index contributed by atoms with van der Waals surface area (Å²) in [6.45, 7) is 0.710. The molecule has 0 bridgehead atoms. The monoisotopic (exact) mass is 154 g/mol. The number of nitrogens with two attached hydrogens (primary N) is 1. The Morgan fingerprint density at radius 2 is 2.18 bits per heavy atom. The van der Waals surface area contributed by atoms with Gasteiger partial charge in [0.1, 0.15) is 0 Å². The average molecular weight is 154 g/mol. The van der Waals surface area contributed by atoms with Crippen LogP contribution in [-0.4, -0.2) is 18.5 Å². The van der Waals surface area contributed by atoms with Gasteiger partial charge in [-0.25, -0.2) is 0 Å². The molecule has 0 unspecified atom stereocenters. The van der Waals surface area contributed by atoms with Gasteiger partial charge in [-0.05, 0) is 12.8 Å². The summed E-state index contributed by atoms with van der Waals surface area (Å²) in [6, 6.07) is 0.536. The van der Waals surface area contributed by atoms with Crippen LogP contribution in [0.1, 0.15) is 19.3 Å². The van der Waals surface area contributed by atoms with Crippen molar-refractivity contribution in [1.82, 2.24) is 5.32 Å². The summed E-state index contributed by atoms with van der Waals surface area (Å²) in [5, 5.41) is 3.25. The molecule has 1 amide bonds. The number of carbonyl (C=O) groups excluding carboxylic acids is 1. The molecule has 0 saturated carbocycles. The fourth-order valence-corrected chi connectivity index (χ4v) is 1.18. The molecule has 1 aliphatic carbocycles. The molecule has 0 fully saturated rings. The van der Waals surface area contributed by atoms with Gasteiger partial charge in [-0.3, -0.25) is 4.79 Å². The standard InChI is InChI=1S/C8H14N2O/c9-8(11)5-6-10-7-3-1-2-4-7/h1-2,7,10H,3-6H2,(H2,9,11). The van der Waals surface area contributed by atoms with E-state index in [1.807, 2.05) is 0 Å². The van der Waals surface area contributed by atoms with Gasteiger partial charge >= 0.3 is 0 Å². The first-order valence-corrected chi connectivity index (χ1v) is 3.95. The van der Waals surface area contributed by atoms with Crippen LogP contribution in [0, 0.1) is 0 Å². The lowest BCUT2D eigenvalue weighted by Gasteiger charge is -2.09. The molecule has 0 radical (unpaired) electrons. The van der Waals surface area contributed by atoms with Gasteiger partial charge in [0.15, 0.2) is 0 Å². The molecule has 3 heteroatoms. The third kappa shape index (κ3) is 3.18. The van der Waals surface area contributed by atoms with E-state index < -0.39 is 0 Å². The second kappa shape index (κ2) is 4.13. The molecular formula is C8H14N2O. The van der Waals surface area contributed by atoms with Crippen LogP contribution >= 0.6 is 0 Å². The number of amides is 1. The van der Waals surface area contributed by atoms with E-state index in [4.69, 9.17) is 5.73 Å². The van der Waals surface area contributed by atoms with Crippen molar-refractivity contribution in [2.24, 2.45) is 5.73 Å². The Balaban J connectivity index is 1.99. The van der Waals surface area contributed by atoms with Crippen molar-refractivity contribution < 1.29 is 4.79 Å². The number of hydrogen-bond donors (Lipinski definition) is 2. The highest BCUT2D eigenvalue weighted by atomic mass is 16.1. The van der Waals surface area contributed by atoms with E-state index in [0.29, 0.717) is 19.0 Å².